The third kappa shape index (κ3) is 4.25. The molecule has 0 saturated carbocycles. The molecule has 86 valence electrons. The van der Waals surface area contributed by atoms with Gasteiger partial charge in [-0.1, -0.05) is 0 Å². The summed E-state index contributed by atoms with van der Waals surface area (Å²) in [4.78, 5) is 0. The van der Waals surface area contributed by atoms with E-state index in [0.717, 1.165) is 4.47 Å². The van der Waals surface area contributed by atoms with E-state index in [1.165, 1.54) is 6.26 Å². The molecule has 1 unspecified atom stereocenters. The molecule has 1 atom stereocenters. The van der Waals surface area contributed by atoms with Crippen molar-refractivity contribution in [3.63, 3.8) is 0 Å². The Balaban J connectivity index is 2.37. The van der Waals surface area contributed by atoms with Gasteiger partial charge in [0.15, 0.2) is 0 Å². The van der Waals surface area contributed by atoms with Gasteiger partial charge < -0.3 is 9.73 Å². The molecular weight excluding hydrogens is 275 g/mol. The van der Waals surface area contributed by atoms with Crippen LogP contribution in [0.3, 0.4) is 0 Å². The summed E-state index contributed by atoms with van der Waals surface area (Å²) in [7, 11) is 0. The molecule has 2 nitrogen and oxygen atoms in total. The van der Waals surface area contributed by atoms with Gasteiger partial charge in [0.1, 0.15) is 5.76 Å². The van der Waals surface area contributed by atoms with Gasteiger partial charge in [0.2, 0.25) is 0 Å². The normalized spacial score (nSPS) is 14.2. The maximum Gasteiger partial charge on any atom is 0.390 e. The Morgan fingerprint density at radius 1 is 1.53 bits per heavy atom. The Labute approximate surface area is 94.0 Å². The Hall–Kier alpha value is -0.490. The maximum absolute atomic E-state index is 11.9. The number of furan rings is 1. The fourth-order valence-electron chi connectivity index (χ4n) is 1.14. The summed E-state index contributed by atoms with van der Waals surface area (Å²) < 4.78 is 41.4. The highest BCUT2D eigenvalue weighted by atomic mass is 79.9. The molecule has 1 aromatic heterocycles. The molecular formula is C9H11BrF3NO. The van der Waals surface area contributed by atoms with E-state index in [1.54, 1.807) is 13.0 Å². The molecule has 0 radical (unpaired) electrons. The van der Waals surface area contributed by atoms with Crippen LogP contribution in [0.15, 0.2) is 21.2 Å². The van der Waals surface area contributed by atoms with Crippen LogP contribution in [0, 0.1) is 0 Å². The van der Waals surface area contributed by atoms with Crippen molar-refractivity contribution in [2.45, 2.75) is 25.6 Å². The number of nitrogens with one attached hydrogen (secondary N) is 1. The van der Waals surface area contributed by atoms with Crippen molar-refractivity contribution in [2.24, 2.45) is 0 Å². The van der Waals surface area contributed by atoms with Gasteiger partial charge in [-0.05, 0) is 28.9 Å². The number of halogens is 4. The second-order valence-corrected chi connectivity index (χ2v) is 4.03. The van der Waals surface area contributed by atoms with Gasteiger partial charge in [-0.2, -0.15) is 13.2 Å². The van der Waals surface area contributed by atoms with Crippen LogP contribution in [-0.2, 0) is 0 Å². The van der Waals surface area contributed by atoms with Crippen LogP contribution in [0.4, 0.5) is 13.2 Å². The zero-order valence-corrected chi connectivity index (χ0v) is 9.65. The largest absolute Gasteiger partial charge is 0.466 e. The molecule has 15 heavy (non-hydrogen) atoms. The number of hydrogen-bond donors (Lipinski definition) is 1. The van der Waals surface area contributed by atoms with Gasteiger partial charge in [0.05, 0.1) is 23.2 Å². The first-order valence-corrected chi connectivity index (χ1v) is 5.22. The highest BCUT2D eigenvalue weighted by Gasteiger charge is 2.26. The molecule has 0 saturated heterocycles. The topological polar surface area (TPSA) is 25.2 Å². The van der Waals surface area contributed by atoms with Crippen molar-refractivity contribution in [1.29, 1.82) is 0 Å². The molecule has 0 spiro atoms. The molecule has 1 N–H and O–H groups in total. The Bertz CT molecular complexity index is 311. The summed E-state index contributed by atoms with van der Waals surface area (Å²) in [6.07, 6.45) is -3.47. The van der Waals surface area contributed by atoms with E-state index >= 15 is 0 Å². The van der Waals surface area contributed by atoms with Crippen molar-refractivity contribution in [2.75, 3.05) is 6.54 Å². The molecule has 1 aromatic rings. The Kier molecular flexibility index (Phi) is 4.21. The number of rotatable bonds is 4. The van der Waals surface area contributed by atoms with Crippen LogP contribution in [0.5, 0.6) is 0 Å². The van der Waals surface area contributed by atoms with Crippen LogP contribution < -0.4 is 5.32 Å². The smallest absolute Gasteiger partial charge is 0.390 e. The predicted molar refractivity (Wildman–Crippen MR) is 53.5 cm³/mol. The van der Waals surface area contributed by atoms with Gasteiger partial charge in [0, 0.05) is 6.54 Å². The van der Waals surface area contributed by atoms with E-state index in [-0.39, 0.29) is 12.6 Å². The summed E-state index contributed by atoms with van der Waals surface area (Å²) in [5, 5.41) is 2.74. The SMILES string of the molecule is CC(NCCC(F)(F)F)c1occc1Br. The highest BCUT2D eigenvalue weighted by molar-refractivity contribution is 9.10. The second-order valence-electron chi connectivity index (χ2n) is 3.17. The maximum atomic E-state index is 11.9. The van der Waals surface area contributed by atoms with Crippen LogP contribution in [0.1, 0.15) is 25.1 Å². The lowest BCUT2D eigenvalue weighted by atomic mass is 10.2. The molecule has 0 aliphatic rings. The van der Waals surface area contributed by atoms with E-state index in [4.69, 9.17) is 4.42 Å². The second kappa shape index (κ2) is 5.03. The van der Waals surface area contributed by atoms with Crippen molar-refractivity contribution in [3.8, 4) is 0 Å². The van der Waals surface area contributed by atoms with E-state index < -0.39 is 12.6 Å². The van der Waals surface area contributed by atoms with Crippen molar-refractivity contribution >= 4 is 15.9 Å². The molecule has 0 amide bonds. The highest BCUT2D eigenvalue weighted by Crippen LogP contribution is 2.25. The quantitative estimate of drug-likeness (QED) is 0.914. The zero-order valence-electron chi connectivity index (χ0n) is 8.07. The van der Waals surface area contributed by atoms with E-state index in [9.17, 15) is 13.2 Å². The molecule has 0 aliphatic carbocycles. The molecule has 0 aromatic carbocycles. The Morgan fingerprint density at radius 3 is 2.67 bits per heavy atom. The van der Waals surface area contributed by atoms with Crippen LogP contribution in [-0.4, -0.2) is 12.7 Å². The molecule has 0 fully saturated rings. The van der Waals surface area contributed by atoms with E-state index in [2.05, 4.69) is 21.2 Å². The van der Waals surface area contributed by atoms with Gasteiger partial charge >= 0.3 is 6.18 Å². The third-order valence-corrected chi connectivity index (χ3v) is 2.55. The summed E-state index contributed by atoms with van der Waals surface area (Å²) in [6, 6.07) is 1.47. The molecule has 0 aliphatic heterocycles. The summed E-state index contributed by atoms with van der Waals surface area (Å²) >= 11 is 3.24. The van der Waals surface area contributed by atoms with Crippen LogP contribution in [0.2, 0.25) is 0 Å². The average molecular weight is 286 g/mol. The summed E-state index contributed by atoms with van der Waals surface area (Å²) in [5.41, 5.74) is 0. The minimum atomic E-state index is -4.12. The molecule has 0 bridgehead atoms. The standard InChI is InChI=1S/C9H11BrF3NO/c1-6(8-7(10)2-5-15-8)14-4-3-9(11,12)13/h2,5-6,14H,3-4H2,1H3. The molecule has 6 heteroatoms. The first-order valence-electron chi connectivity index (χ1n) is 4.43. The van der Waals surface area contributed by atoms with Gasteiger partial charge in [-0.25, -0.2) is 0 Å². The fourth-order valence-corrected chi connectivity index (χ4v) is 1.68. The zero-order chi connectivity index (χ0) is 11.5. The van der Waals surface area contributed by atoms with Gasteiger partial charge in [-0.15, -0.1) is 0 Å². The minimum absolute atomic E-state index is 0.113. The number of hydrogen-bond acceptors (Lipinski definition) is 2. The fraction of sp³-hybridized carbons (Fsp3) is 0.556. The molecule has 1 heterocycles. The van der Waals surface area contributed by atoms with E-state index in [0.29, 0.717) is 5.76 Å². The lowest BCUT2D eigenvalue weighted by molar-refractivity contribution is -0.133. The Morgan fingerprint density at radius 2 is 2.20 bits per heavy atom. The third-order valence-electron chi connectivity index (χ3n) is 1.90. The predicted octanol–water partition coefficient (Wildman–Crippen LogP) is 3.65. The summed E-state index contributed by atoms with van der Waals surface area (Å²) in [6.45, 7) is 1.64. The van der Waals surface area contributed by atoms with Gasteiger partial charge in [-0.3, -0.25) is 0 Å². The van der Waals surface area contributed by atoms with Crippen LogP contribution in [0.25, 0.3) is 0 Å². The van der Waals surface area contributed by atoms with Crippen molar-refractivity contribution < 1.29 is 17.6 Å². The first kappa shape index (κ1) is 12.6. The summed E-state index contributed by atoms with van der Waals surface area (Å²) in [5.74, 6) is 0.608. The molecule has 1 rings (SSSR count). The average Bonchev–Trinajstić information content (AvgIpc) is 2.48. The lowest BCUT2D eigenvalue weighted by Gasteiger charge is -2.13. The van der Waals surface area contributed by atoms with Gasteiger partial charge in [0.25, 0.3) is 0 Å². The lowest BCUT2D eigenvalue weighted by Crippen LogP contribution is -2.24. The first-order chi connectivity index (χ1) is 6.90. The number of alkyl halides is 3. The minimum Gasteiger partial charge on any atom is -0.466 e. The van der Waals surface area contributed by atoms with E-state index in [1.807, 2.05) is 0 Å². The van der Waals surface area contributed by atoms with Crippen molar-refractivity contribution in [3.05, 3.63) is 22.6 Å². The van der Waals surface area contributed by atoms with Crippen molar-refractivity contribution in [1.82, 2.24) is 5.32 Å². The monoisotopic (exact) mass is 285 g/mol. The van der Waals surface area contributed by atoms with Crippen LogP contribution >= 0.6 is 15.9 Å².